The Morgan fingerprint density at radius 2 is 2.04 bits per heavy atom. The van der Waals surface area contributed by atoms with Crippen LogP contribution in [0.15, 0.2) is 29.4 Å². The molecular weight excluding hydrogens is 352 g/mol. The van der Waals surface area contributed by atoms with E-state index < -0.39 is 0 Å². The zero-order valence-electron chi connectivity index (χ0n) is 15.1. The van der Waals surface area contributed by atoms with E-state index in [9.17, 15) is 9.59 Å². The van der Waals surface area contributed by atoms with Crippen LogP contribution in [-0.2, 0) is 16.1 Å². The lowest BCUT2D eigenvalue weighted by Gasteiger charge is -2.34. The Bertz CT molecular complexity index is 704. The van der Waals surface area contributed by atoms with Gasteiger partial charge in [-0.3, -0.25) is 14.9 Å². The third-order valence-corrected chi connectivity index (χ3v) is 5.94. The maximum atomic E-state index is 11.7. The fourth-order valence-electron chi connectivity index (χ4n) is 3.38. The van der Waals surface area contributed by atoms with Gasteiger partial charge in [-0.05, 0) is 43.4 Å². The summed E-state index contributed by atoms with van der Waals surface area (Å²) in [4.78, 5) is 27.9. The number of nitrogens with one attached hydrogen (secondary N) is 1. The van der Waals surface area contributed by atoms with Crippen LogP contribution < -0.4 is 10.1 Å². The third kappa shape index (κ3) is 4.38. The predicted octanol–water partition coefficient (Wildman–Crippen LogP) is 3.54. The summed E-state index contributed by atoms with van der Waals surface area (Å²) in [5.74, 6) is 0.576. The van der Waals surface area contributed by atoms with Gasteiger partial charge < -0.3 is 9.57 Å². The highest BCUT2D eigenvalue weighted by molar-refractivity contribution is 8.15. The van der Waals surface area contributed by atoms with Crippen molar-refractivity contribution in [3.63, 3.8) is 0 Å². The van der Waals surface area contributed by atoms with Crippen LogP contribution in [0.1, 0.15) is 38.2 Å². The molecule has 0 radical (unpaired) electrons. The summed E-state index contributed by atoms with van der Waals surface area (Å²) in [5.41, 5.74) is 1.97. The van der Waals surface area contributed by atoms with Gasteiger partial charge in [0.1, 0.15) is 12.9 Å². The summed E-state index contributed by atoms with van der Waals surface area (Å²) < 4.78 is 6.01. The molecule has 0 aromatic heterocycles. The van der Waals surface area contributed by atoms with E-state index in [2.05, 4.69) is 17.4 Å². The van der Waals surface area contributed by atoms with Crippen LogP contribution >= 0.6 is 11.8 Å². The highest BCUT2D eigenvalue weighted by Gasteiger charge is 2.35. The highest BCUT2D eigenvalue weighted by atomic mass is 32.2. The van der Waals surface area contributed by atoms with Crippen LogP contribution in [0.3, 0.4) is 0 Å². The third-order valence-electron chi connectivity index (χ3n) is 4.96. The molecule has 1 aromatic rings. The zero-order valence-corrected chi connectivity index (χ0v) is 15.9. The molecule has 2 fully saturated rings. The molecule has 1 aliphatic heterocycles. The number of carbonyl (C=O) groups is 2. The SMILES string of the molecule is CO/N=C1/CCCCC1(C)COc1ccc(CC2SC(=O)NC2=O)cc1. The molecule has 1 heterocycles. The average molecular weight is 376 g/mol. The number of thioether (sulfide) groups is 1. The molecule has 3 rings (SSSR count). The van der Waals surface area contributed by atoms with Crippen molar-refractivity contribution in [2.75, 3.05) is 13.7 Å². The standard InChI is InChI=1S/C19H24N2O4S/c1-19(10-4-3-5-16(19)21-24-2)12-25-14-8-6-13(7-9-14)11-15-17(22)20-18(23)26-15/h6-9,15H,3-5,10-12H2,1-2H3,(H,20,22,23)/b21-16-. The van der Waals surface area contributed by atoms with Crippen molar-refractivity contribution in [1.82, 2.24) is 5.32 Å². The summed E-state index contributed by atoms with van der Waals surface area (Å²) in [5, 5.41) is 5.90. The Morgan fingerprint density at radius 3 is 2.69 bits per heavy atom. The largest absolute Gasteiger partial charge is 0.493 e. The lowest BCUT2D eigenvalue weighted by atomic mass is 9.74. The number of amides is 2. The van der Waals surface area contributed by atoms with E-state index in [-0.39, 0.29) is 21.8 Å². The quantitative estimate of drug-likeness (QED) is 0.769. The van der Waals surface area contributed by atoms with Gasteiger partial charge in [-0.1, -0.05) is 42.4 Å². The van der Waals surface area contributed by atoms with Crippen LogP contribution in [-0.4, -0.2) is 35.8 Å². The Balaban J connectivity index is 1.58. The number of benzene rings is 1. The minimum Gasteiger partial charge on any atom is -0.493 e. The van der Waals surface area contributed by atoms with Gasteiger partial charge in [-0.15, -0.1) is 0 Å². The van der Waals surface area contributed by atoms with Crippen molar-refractivity contribution in [3.8, 4) is 5.75 Å². The first-order valence-corrected chi connectivity index (χ1v) is 9.72. The lowest BCUT2D eigenvalue weighted by molar-refractivity contribution is -0.118. The number of nitrogens with zero attached hydrogens (tertiary/aromatic N) is 1. The van der Waals surface area contributed by atoms with Crippen LogP contribution in [0.4, 0.5) is 4.79 Å². The Morgan fingerprint density at radius 1 is 1.27 bits per heavy atom. The van der Waals surface area contributed by atoms with Crippen LogP contribution in [0.2, 0.25) is 0 Å². The lowest BCUT2D eigenvalue weighted by Crippen LogP contribution is -2.37. The second kappa shape index (κ2) is 8.12. The number of ether oxygens (including phenoxy) is 1. The summed E-state index contributed by atoms with van der Waals surface area (Å²) in [6.45, 7) is 2.73. The van der Waals surface area contributed by atoms with Crippen molar-refractivity contribution < 1.29 is 19.2 Å². The summed E-state index contributed by atoms with van der Waals surface area (Å²) >= 11 is 1.05. The number of oxime groups is 1. The van der Waals surface area contributed by atoms with Crippen molar-refractivity contribution in [2.24, 2.45) is 10.6 Å². The fraction of sp³-hybridized carbons (Fsp3) is 0.526. The van der Waals surface area contributed by atoms with Crippen LogP contribution in [0, 0.1) is 5.41 Å². The average Bonchev–Trinajstić information content (AvgIpc) is 2.94. The molecular formula is C19H24N2O4S. The van der Waals surface area contributed by atoms with Crippen molar-refractivity contribution >= 4 is 28.6 Å². The number of hydrogen-bond acceptors (Lipinski definition) is 6. The van der Waals surface area contributed by atoms with Crippen molar-refractivity contribution in [1.29, 1.82) is 0 Å². The number of hydrogen-bond donors (Lipinski definition) is 1. The second-order valence-corrected chi connectivity index (χ2v) is 8.18. The van der Waals surface area contributed by atoms with E-state index >= 15 is 0 Å². The molecule has 1 aromatic carbocycles. The van der Waals surface area contributed by atoms with E-state index in [1.807, 2.05) is 24.3 Å². The first kappa shape index (κ1) is 18.8. The molecule has 6 nitrogen and oxygen atoms in total. The minimum atomic E-state index is -0.344. The van der Waals surface area contributed by atoms with E-state index in [0.717, 1.165) is 48.0 Å². The summed E-state index contributed by atoms with van der Waals surface area (Å²) in [6.07, 6.45) is 4.83. The van der Waals surface area contributed by atoms with Gasteiger partial charge >= 0.3 is 0 Å². The van der Waals surface area contributed by atoms with Gasteiger partial charge in [0.05, 0.1) is 17.6 Å². The van der Waals surface area contributed by atoms with E-state index in [1.54, 1.807) is 7.11 Å². The van der Waals surface area contributed by atoms with E-state index in [1.165, 1.54) is 6.42 Å². The molecule has 2 aliphatic rings. The topological polar surface area (TPSA) is 77.0 Å². The summed E-state index contributed by atoms with van der Waals surface area (Å²) in [7, 11) is 1.58. The molecule has 26 heavy (non-hydrogen) atoms. The van der Waals surface area contributed by atoms with E-state index in [0.29, 0.717) is 13.0 Å². The van der Waals surface area contributed by atoms with Gasteiger partial charge in [0.15, 0.2) is 0 Å². The second-order valence-electron chi connectivity index (χ2n) is 7.01. The van der Waals surface area contributed by atoms with Gasteiger partial charge in [0.25, 0.3) is 5.24 Å². The van der Waals surface area contributed by atoms with Gasteiger partial charge in [0.2, 0.25) is 5.91 Å². The van der Waals surface area contributed by atoms with Gasteiger partial charge in [0, 0.05) is 5.41 Å². The molecule has 7 heteroatoms. The van der Waals surface area contributed by atoms with Gasteiger partial charge in [-0.2, -0.15) is 0 Å². The normalized spacial score (nSPS) is 27.5. The predicted molar refractivity (Wildman–Crippen MR) is 102 cm³/mol. The molecule has 140 valence electrons. The number of imide groups is 1. The highest BCUT2D eigenvalue weighted by Crippen LogP contribution is 2.34. The maximum Gasteiger partial charge on any atom is 0.286 e. The molecule has 0 bridgehead atoms. The monoisotopic (exact) mass is 376 g/mol. The molecule has 2 unspecified atom stereocenters. The molecule has 2 atom stereocenters. The number of carbonyl (C=O) groups excluding carboxylic acids is 2. The van der Waals surface area contributed by atoms with E-state index in [4.69, 9.17) is 9.57 Å². The summed E-state index contributed by atoms with van der Waals surface area (Å²) in [6, 6.07) is 7.71. The zero-order chi connectivity index (χ0) is 18.6. The van der Waals surface area contributed by atoms with Crippen molar-refractivity contribution in [2.45, 2.75) is 44.3 Å². The molecule has 1 N–H and O–H groups in total. The van der Waals surface area contributed by atoms with Crippen molar-refractivity contribution in [3.05, 3.63) is 29.8 Å². The Kier molecular flexibility index (Phi) is 5.86. The van der Waals surface area contributed by atoms with Gasteiger partial charge in [-0.25, -0.2) is 0 Å². The Labute approximate surface area is 157 Å². The first-order chi connectivity index (χ1) is 12.5. The Hall–Kier alpha value is -2.02. The smallest absolute Gasteiger partial charge is 0.286 e. The minimum absolute atomic E-state index is 0.105. The molecule has 1 saturated heterocycles. The first-order valence-electron chi connectivity index (χ1n) is 8.84. The van der Waals surface area contributed by atoms with Crippen LogP contribution in [0.5, 0.6) is 5.75 Å². The fourth-order valence-corrected chi connectivity index (χ4v) is 4.24. The molecule has 2 amide bonds. The molecule has 1 saturated carbocycles. The maximum absolute atomic E-state index is 11.7. The van der Waals surface area contributed by atoms with Crippen LogP contribution in [0.25, 0.3) is 0 Å². The molecule has 0 spiro atoms. The molecule has 1 aliphatic carbocycles. The number of rotatable bonds is 6.